The van der Waals surface area contributed by atoms with E-state index in [0.717, 1.165) is 11.1 Å². The summed E-state index contributed by atoms with van der Waals surface area (Å²) in [4.78, 5) is 15.1. The zero-order valence-corrected chi connectivity index (χ0v) is 12.5. The Labute approximate surface area is 132 Å². The van der Waals surface area contributed by atoms with Crippen molar-refractivity contribution >= 4 is 11.4 Å². The van der Waals surface area contributed by atoms with E-state index in [4.69, 9.17) is 4.42 Å². The second kappa shape index (κ2) is 6.31. The van der Waals surface area contributed by atoms with Crippen molar-refractivity contribution in [2.45, 2.75) is 13.5 Å². The zero-order valence-electron chi connectivity index (χ0n) is 12.5. The van der Waals surface area contributed by atoms with Crippen LogP contribution in [0.25, 0.3) is 11.5 Å². The number of nitrogens with one attached hydrogen (secondary N) is 1. The number of anilines is 1. The van der Waals surface area contributed by atoms with E-state index < -0.39 is 4.92 Å². The second-order valence-corrected chi connectivity index (χ2v) is 5.14. The molecule has 2 aromatic carbocycles. The Morgan fingerprint density at radius 2 is 2.00 bits per heavy atom. The molecule has 0 atom stereocenters. The van der Waals surface area contributed by atoms with E-state index in [2.05, 4.69) is 10.3 Å². The Kier molecular flexibility index (Phi) is 4.05. The van der Waals surface area contributed by atoms with E-state index in [9.17, 15) is 10.1 Å². The lowest BCUT2D eigenvalue weighted by atomic mass is 10.2. The molecule has 0 aliphatic heterocycles. The maximum atomic E-state index is 11.1. The molecule has 116 valence electrons. The van der Waals surface area contributed by atoms with Crippen LogP contribution >= 0.6 is 0 Å². The fraction of sp³-hybridized carbons (Fsp3) is 0.118. The smallest absolute Gasteiger partial charge is 0.292 e. The molecule has 1 aromatic heterocycles. The summed E-state index contributed by atoms with van der Waals surface area (Å²) >= 11 is 0. The molecule has 0 unspecified atom stereocenters. The number of hydrogen-bond acceptors (Lipinski definition) is 5. The number of rotatable bonds is 5. The minimum atomic E-state index is -0.395. The van der Waals surface area contributed by atoms with Gasteiger partial charge in [0.05, 0.1) is 17.2 Å². The molecule has 23 heavy (non-hydrogen) atoms. The molecule has 1 heterocycles. The molecule has 6 nitrogen and oxygen atoms in total. The van der Waals surface area contributed by atoms with Gasteiger partial charge >= 0.3 is 0 Å². The number of aryl methyl sites for hydroxylation is 1. The van der Waals surface area contributed by atoms with E-state index in [0.29, 0.717) is 23.8 Å². The topological polar surface area (TPSA) is 81.2 Å². The van der Waals surface area contributed by atoms with Gasteiger partial charge in [0.1, 0.15) is 12.0 Å². The summed E-state index contributed by atoms with van der Waals surface area (Å²) in [6.07, 6.45) is 1.55. The largest absolute Gasteiger partial charge is 0.444 e. The Morgan fingerprint density at radius 3 is 2.74 bits per heavy atom. The number of nitro benzene ring substituents is 1. The third-order valence-corrected chi connectivity index (χ3v) is 3.38. The van der Waals surface area contributed by atoms with Crippen LogP contribution in [0.4, 0.5) is 11.4 Å². The lowest BCUT2D eigenvalue weighted by Crippen LogP contribution is -2.03. The van der Waals surface area contributed by atoms with E-state index >= 15 is 0 Å². The minimum absolute atomic E-state index is 0.0526. The number of nitrogens with zero attached hydrogens (tertiary/aromatic N) is 2. The SMILES string of the molecule is Cc1ccc(NCc2coc(-c3ccccc3)n2)c([N+](=O)[O-])c1. The third kappa shape index (κ3) is 3.37. The molecular weight excluding hydrogens is 294 g/mol. The third-order valence-electron chi connectivity index (χ3n) is 3.38. The summed E-state index contributed by atoms with van der Waals surface area (Å²) in [5.41, 5.74) is 2.93. The van der Waals surface area contributed by atoms with E-state index in [1.807, 2.05) is 43.3 Å². The van der Waals surface area contributed by atoms with Gasteiger partial charge in [-0.2, -0.15) is 0 Å². The van der Waals surface area contributed by atoms with Crippen LogP contribution in [0, 0.1) is 17.0 Å². The number of hydrogen-bond donors (Lipinski definition) is 1. The summed E-state index contributed by atoms with van der Waals surface area (Å²) in [5, 5.41) is 14.1. The van der Waals surface area contributed by atoms with Gasteiger partial charge < -0.3 is 9.73 Å². The fourth-order valence-electron chi connectivity index (χ4n) is 2.23. The van der Waals surface area contributed by atoms with Crippen molar-refractivity contribution in [1.82, 2.24) is 4.98 Å². The summed E-state index contributed by atoms with van der Waals surface area (Å²) < 4.78 is 5.45. The molecule has 1 N–H and O–H groups in total. The summed E-state index contributed by atoms with van der Waals surface area (Å²) in [5.74, 6) is 0.529. The molecule has 0 fully saturated rings. The predicted molar refractivity (Wildman–Crippen MR) is 87.1 cm³/mol. The van der Waals surface area contributed by atoms with Crippen LogP contribution in [0.1, 0.15) is 11.3 Å². The van der Waals surface area contributed by atoms with Crippen LogP contribution < -0.4 is 5.32 Å². The molecule has 0 amide bonds. The van der Waals surface area contributed by atoms with Gasteiger partial charge in [-0.15, -0.1) is 0 Å². The maximum Gasteiger partial charge on any atom is 0.292 e. The van der Waals surface area contributed by atoms with E-state index in [-0.39, 0.29) is 5.69 Å². The molecule has 0 aliphatic carbocycles. The van der Waals surface area contributed by atoms with Gasteiger partial charge in [-0.1, -0.05) is 24.3 Å². The molecule has 6 heteroatoms. The number of aromatic nitrogens is 1. The average molecular weight is 309 g/mol. The van der Waals surface area contributed by atoms with Gasteiger partial charge in [-0.25, -0.2) is 4.98 Å². The van der Waals surface area contributed by atoms with Crippen molar-refractivity contribution in [3.8, 4) is 11.5 Å². The number of oxazole rings is 1. The molecule has 0 bridgehead atoms. The minimum Gasteiger partial charge on any atom is -0.444 e. The van der Waals surface area contributed by atoms with Crippen molar-refractivity contribution in [2.75, 3.05) is 5.32 Å². The number of benzene rings is 2. The molecule has 0 radical (unpaired) electrons. The van der Waals surface area contributed by atoms with E-state index in [1.54, 1.807) is 18.4 Å². The highest BCUT2D eigenvalue weighted by molar-refractivity contribution is 5.62. The van der Waals surface area contributed by atoms with Crippen LogP contribution in [-0.4, -0.2) is 9.91 Å². The lowest BCUT2D eigenvalue weighted by Gasteiger charge is -2.05. The highest BCUT2D eigenvalue weighted by Crippen LogP contribution is 2.26. The molecule has 3 rings (SSSR count). The lowest BCUT2D eigenvalue weighted by molar-refractivity contribution is -0.384. The average Bonchev–Trinajstić information content (AvgIpc) is 3.03. The fourth-order valence-corrected chi connectivity index (χ4v) is 2.23. The summed E-state index contributed by atoms with van der Waals surface area (Å²) in [6.45, 7) is 2.17. The molecule has 0 aliphatic rings. The Hall–Kier alpha value is -3.15. The first-order chi connectivity index (χ1) is 11.1. The summed E-state index contributed by atoms with van der Waals surface area (Å²) in [6, 6.07) is 14.6. The van der Waals surface area contributed by atoms with Crippen LogP contribution in [-0.2, 0) is 6.54 Å². The zero-order chi connectivity index (χ0) is 16.2. The van der Waals surface area contributed by atoms with Gasteiger partial charge in [-0.05, 0) is 30.7 Å². The Balaban J connectivity index is 1.75. The first-order valence-electron chi connectivity index (χ1n) is 7.12. The Morgan fingerprint density at radius 1 is 1.22 bits per heavy atom. The van der Waals surface area contributed by atoms with Gasteiger partial charge in [0.25, 0.3) is 5.69 Å². The van der Waals surface area contributed by atoms with Crippen molar-refractivity contribution in [1.29, 1.82) is 0 Å². The monoisotopic (exact) mass is 309 g/mol. The second-order valence-electron chi connectivity index (χ2n) is 5.14. The van der Waals surface area contributed by atoms with Crippen LogP contribution in [0.15, 0.2) is 59.2 Å². The van der Waals surface area contributed by atoms with Crippen molar-refractivity contribution in [3.05, 3.63) is 76.2 Å². The van der Waals surface area contributed by atoms with Crippen molar-refractivity contribution < 1.29 is 9.34 Å². The quantitative estimate of drug-likeness (QED) is 0.565. The van der Waals surface area contributed by atoms with Gasteiger partial charge in [0, 0.05) is 11.6 Å². The normalized spacial score (nSPS) is 10.5. The van der Waals surface area contributed by atoms with Gasteiger partial charge in [0.2, 0.25) is 5.89 Å². The Bertz CT molecular complexity index is 828. The van der Waals surface area contributed by atoms with E-state index in [1.165, 1.54) is 0 Å². The van der Waals surface area contributed by atoms with Crippen molar-refractivity contribution in [2.24, 2.45) is 0 Å². The predicted octanol–water partition coefficient (Wildman–Crippen LogP) is 4.17. The molecule has 3 aromatic rings. The standard InChI is InChI=1S/C17H15N3O3/c1-12-7-8-15(16(9-12)20(21)22)18-10-14-11-23-17(19-14)13-5-3-2-4-6-13/h2-9,11,18H,10H2,1H3. The van der Waals surface area contributed by atoms with Crippen molar-refractivity contribution in [3.63, 3.8) is 0 Å². The molecule has 0 saturated carbocycles. The summed E-state index contributed by atoms with van der Waals surface area (Å²) in [7, 11) is 0. The highest BCUT2D eigenvalue weighted by Gasteiger charge is 2.14. The number of nitro groups is 1. The maximum absolute atomic E-state index is 11.1. The van der Waals surface area contributed by atoms with Crippen LogP contribution in [0.3, 0.4) is 0 Å². The molecule has 0 spiro atoms. The first-order valence-corrected chi connectivity index (χ1v) is 7.12. The van der Waals surface area contributed by atoms with Crippen LogP contribution in [0.5, 0.6) is 0 Å². The molecule has 0 saturated heterocycles. The van der Waals surface area contributed by atoms with Crippen LogP contribution in [0.2, 0.25) is 0 Å². The molecular formula is C17H15N3O3. The van der Waals surface area contributed by atoms with Gasteiger partial charge in [-0.3, -0.25) is 10.1 Å². The first kappa shape index (κ1) is 14.8. The van der Waals surface area contributed by atoms with Gasteiger partial charge in [0.15, 0.2) is 0 Å². The highest BCUT2D eigenvalue weighted by atomic mass is 16.6.